The van der Waals surface area contributed by atoms with Crippen molar-refractivity contribution in [1.29, 1.82) is 0 Å². The highest BCUT2D eigenvalue weighted by Gasteiger charge is 2.49. The van der Waals surface area contributed by atoms with Crippen LogP contribution in [0, 0.1) is 5.41 Å². The third kappa shape index (κ3) is 3.69. The van der Waals surface area contributed by atoms with Gasteiger partial charge in [0.05, 0.1) is 0 Å². The van der Waals surface area contributed by atoms with Crippen LogP contribution in [0.2, 0.25) is 0 Å². The number of hydrogen-bond acceptors (Lipinski definition) is 1. The number of hydrogen-bond donors (Lipinski definition) is 1. The molecule has 1 aliphatic carbocycles. The number of rotatable bonds is 4. The van der Waals surface area contributed by atoms with Crippen LogP contribution >= 0.6 is 0 Å². The van der Waals surface area contributed by atoms with Crippen LogP contribution in [0.5, 0.6) is 0 Å². The maximum Gasteiger partial charge on any atom is 0.00880 e. The lowest BCUT2D eigenvalue weighted by atomic mass is 9.51. The summed E-state index contributed by atoms with van der Waals surface area (Å²) in [5.74, 6) is 0. The van der Waals surface area contributed by atoms with Crippen molar-refractivity contribution in [3.8, 4) is 0 Å². The monoisotopic (exact) mass is 287 g/mol. The van der Waals surface area contributed by atoms with Gasteiger partial charge in [0.1, 0.15) is 0 Å². The molecule has 1 N–H and O–H groups in total. The summed E-state index contributed by atoms with van der Waals surface area (Å²) >= 11 is 0. The van der Waals surface area contributed by atoms with Crippen LogP contribution in [0.3, 0.4) is 0 Å². The van der Waals surface area contributed by atoms with Crippen LogP contribution in [0.15, 0.2) is 24.3 Å². The fraction of sp³-hybridized carbons (Fsp3) is 0.700. The van der Waals surface area contributed by atoms with E-state index in [4.69, 9.17) is 0 Å². The highest BCUT2D eigenvalue weighted by Crippen LogP contribution is 2.55. The first kappa shape index (κ1) is 16.5. The van der Waals surface area contributed by atoms with Gasteiger partial charge in [0.25, 0.3) is 0 Å². The average molecular weight is 287 g/mol. The van der Waals surface area contributed by atoms with Crippen molar-refractivity contribution in [3.05, 3.63) is 35.4 Å². The highest BCUT2D eigenvalue weighted by atomic mass is 14.9. The van der Waals surface area contributed by atoms with E-state index in [1.807, 2.05) is 0 Å². The fourth-order valence-electron chi connectivity index (χ4n) is 3.93. The van der Waals surface area contributed by atoms with Crippen LogP contribution in [0.25, 0.3) is 0 Å². The molecule has 2 rings (SSSR count). The Labute approximate surface area is 131 Å². The van der Waals surface area contributed by atoms with Crippen LogP contribution in [0.1, 0.15) is 72.4 Å². The lowest BCUT2D eigenvalue weighted by Gasteiger charge is -2.54. The number of benzene rings is 1. The first-order chi connectivity index (χ1) is 9.54. The molecule has 1 aliphatic rings. The van der Waals surface area contributed by atoms with E-state index < -0.39 is 0 Å². The zero-order valence-electron chi connectivity index (χ0n) is 15.0. The van der Waals surface area contributed by atoms with E-state index in [1.54, 1.807) is 0 Å². The smallest absolute Gasteiger partial charge is 0.00880 e. The third-order valence-corrected chi connectivity index (χ3v) is 4.85. The largest absolute Gasteiger partial charge is 0.314 e. The summed E-state index contributed by atoms with van der Waals surface area (Å²) in [5, 5.41) is 3.67. The molecule has 1 aromatic carbocycles. The maximum absolute atomic E-state index is 3.67. The van der Waals surface area contributed by atoms with E-state index >= 15 is 0 Å². The zero-order valence-corrected chi connectivity index (χ0v) is 15.0. The van der Waals surface area contributed by atoms with Crippen LogP contribution < -0.4 is 5.32 Å². The molecule has 0 aliphatic heterocycles. The van der Waals surface area contributed by atoms with Crippen molar-refractivity contribution in [2.24, 2.45) is 5.41 Å². The van der Waals surface area contributed by atoms with Crippen LogP contribution in [-0.2, 0) is 10.8 Å². The standard InChI is InChI=1S/C20H33N/c1-15(2)21-14-20(12-19(6,7)13-20)17-10-8-16(9-11-17)18(3,4)5/h8-11,15,21H,12-14H2,1-7H3. The predicted octanol–water partition coefficient (Wildman–Crippen LogP) is 5.04. The summed E-state index contributed by atoms with van der Waals surface area (Å²) in [4.78, 5) is 0. The van der Waals surface area contributed by atoms with E-state index in [9.17, 15) is 0 Å². The van der Waals surface area contributed by atoms with Gasteiger partial charge in [0.2, 0.25) is 0 Å². The molecule has 21 heavy (non-hydrogen) atoms. The van der Waals surface area contributed by atoms with Crippen LogP contribution in [-0.4, -0.2) is 12.6 Å². The quantitative estimate of drug-likeness (QED) is 0.818. The van der Waals surface area contributed by atoms with Crippen molar-refractivity contribution in [2.75, 3.05) is 6.54 Å². The van der Waals surface area contributed by atoms with E-state index in [1.165, 1.54) is 24.0 Å². The average Bonchev–Trinajstić information content (AvgIpc) is 2.32. The molecule has 0 amide bonds. The minimum atomic E-state index is 0.237. The Morgan fingerprint density at radius 2 is 1.57 bits per heavy atom. The van der Waals surface area contributed by atoms with Gasteiger partial charge in [-0.25, -0.2) is 0 Å². The van der Waals surface area contributed by atoms with E-state index in [-0.39, 0.29) is 5.41 Å². The molecular formula is C20H33N. The Balaban J connectivity index is 2.22. The molecule has 118 valence electrons. The van der Waals surface area contributed by atoms with Gasteiger partial charge in [-0.2, -0.15) is 0 Å². The SMILES string of the molecule is CC(C)NCC1(c2ccc(C(C)(C)C)cc2)CC(C)(C)C1. The summed E-state index contributed by atoms with van der Waals surface area (Å²) in [6.07, 6.45) is 2.57. The normalized spacial score (nSPS) is 20.4. The molecule has 1 aromatic rings. The Hall–Kier alpha value is -0.820. The minimum absolute atomic E-state index is 0.237. The van der Waals surface area contributed by atoms with Gasteiger partial charge >= 0.3 is 0 Å². The molecule has 0 aromatic heterocycles. The van der Waals surface area contributed by atoms with Gasteiger partial charge < -0.3 is 5.32 Å². The molecule has 1 nitrogen and oxygen atoms in total. The minimum Gasteiger partial charge on any atom is -0.314 e. The summed E-state index contributed by atoms with van der Waals surface area (Å²) in [5.41, 5.74) is 4.01. The van der Waals surface area contributed by atoms with Crippen molar-refractivity contribution >= 4 is 0 Å². The second kappa shape index (κ2) is 5.43. The summed E-state index contributed by atoms with van der Waals surface area (Å²) in [7, 11) is 0. The molecule has 1 fully saturated rings. The molecule has 0 radical (unpaired) electrons. The molecular weight excluding hydrogens is 254 g/mol. The van der Waals surface area contributed by atoms with Gasteiger partial charge in [-0.3, -0.25) is 0 Å². The van der Waals surface area contributed by atoms with Crippen molar-refractivity contribution in [1.82, 2.24) is 5.32 Å². The Morgan fingerprint density at radius 3 is 1.95 bits per heavy atom. The molecule has 0 saturated heterocycles. The van der Waals surface area contributed by atoms with Gasteiger partial charge in [0, 0.05) is 18.0 Å². The Bertz CT molecular complexity index is 466. The van der Waals surface area contributed by atoms with Crippen LogP contribution in [0.4, 0.5) is 0 Å². The molecule has 0 spiro atoms. The summed E-state index contributed by atoms with van der Waals surface area (Å²) in [6, 6.07) is 9.96. The van der Waals surface area contributed by atoms with E-state index in [0.717, 1.165) is 6.54 Å². The fourth-order valence-corrected chi connectivity index (χ4v) is 3.93. The predicted molar refractivity (Wildman–Crippen MR) is 93.0 cm³/mol. The molecule has 0 unspecified atom stereocenters. The first-order valence-electron chi connectivity index (χ1n) is 8.39. The Morgan fingerprint density at radius 1 is 1.05 bits per heavy atom. The summed E-state index contributed by atoms with van der Waals surface area (Å²) in [6.45, 7) is 17.2. The van der Waals surface area contributed by atoms with Crippen molar-refractivity contribution in [3.63, 3.8) is 0 Å². The van der Waals surface area contributed by atoms with Gasteiger partial charge in [-0.15, -0.1) is 0 Å². The third-order valence-electron chi connectivity index (χ3n) is 4.85. The summed E-state index contributed by atoms with van der Waals surface area (Å²) < 4.78 is 0. The molecule has 1 saturated carbocycles. The first-order valence-corrected chi connectivity index (χ1v) is 8.39. The molecule has 0 heterocycles. The lowest BCUT2D eigenvalue weighted by Crippen LogP contribution is -2.53. The number of nitrogens with one attached hydrogen (secondary N) is 1. The second-order valence-corrected chi connectivity index (χ2v) is 9.16. The van der Waals surface area contributed by atoms with Crippen molar-refractivity contribution in [2.45, 2.75) is 78.2 Å². The highest BCUT2D eigenvalue weighted by molar-refractivity contribution is 5.35. The molecule has 0 bridgehead atoms. The zero-order chi connectivity index (χ0) is 15.9. The molecule has 1 heteroatoms. The van der Waals surface area contributed by atoms with Gasteiger partial charge in [-0.05, 0) is 34.8 Å². The lowest BCUT2D eigenvalue weighted by molar-refractivity contribution is 0.0548. The van der Waals surface area contributed by atoms with Crippen molar-refractivity contribution < 1.29 is 0 Å². The van der Waals surface area contributed by atoms with E-state index in [0.29, 0.717) is 16.9 Å². The van der Waals surface area contributed by atoms with Gasteiger partial charge in [-0.1, -0.05) is 72.7 Å². The van der Waals surface area contributed by atoms with E-state index in [2.05, 4.69) is 78.0 Å². The topological polar surface area (TPSA) is 12.0 Å². The maximum atomic E-state index is 3.67. The Kier molecular flexibility index (Phi) is 4.28. The molecule has 0 atom stereocenters. The van der Waals surface area contributed by atoms with Gasteiger partial charge in [0.15, 0.2) is 0 Å². The second-order valence-electron chi connectivity index (χ2n) is 9.16.